The number of hydrogen-bond acceptors (Lipinski definition) is 3. The molecule has 5 nitrogen and oxygen atoms in total. The molecule has 0 saturated heterocycles. The third-order valence-electron chi connectivity index (χ3n) is 4.61. The normalized spacial score (nSPS) is 10.9. The summed E-state index contributed by atoms with van der Waals surface area (Å²) in [6.07, 6.45) is 0. The van der Waals surface area contributed by atoms with Gasteiger partial charge < -0.3 is 10.3 Å². The fourth-order valence-electron chi connectivity index (χ4n) is 3.07. The topological polar surface area (TPSA) is 66.9 Å². The van der Waals surface area contributed by atoms with Crippen molar-refractivity contribution < 1.29 is 9.18 Å². The second-order valence-electron chi connectivity index (χ2n) is 6.62. The molecule has 0 aliphatic rings. The van der Waals surface area contributed by atoms with Gasteiger partial charge in [-0.2, -0.15) is 0 Å². The van der Waals surface area contributed by atoms with Gasteiger partial charge >= 0.3 is 0 Å². The van der Waals surface area contributed by atoms with E-state index in [0.717, 1.165) is 5.56 Å². The number of carbonyl (C=O) groups excluding carboxylic acids is 1. The van der Waals surface area contributed by atoms with E-state index in [2.05, 4.69) is 10.3 Å². The van der Waals surface area contributed by atoms with Gasteiger partial charge in [0, 0.05) is 17.1 Å². The Kier molecular flexibility index (Phi) is 5.48. The maximum Gasteiger partial charge on any atom is 0.266 e. The number of benzene rings is 3. The van der Waals surface area contributed by atoms with Gasteiger partial charge in [0.2, 0.25) is 0 Å². The third kappa shape index (κ3) is 4.03. The van der Waals surface area contributed by atoms with Crippen molar-refractivity contribution in [3.8, 4) is 5.69 Å². The van der Waals surface area contributed by atoms with Crippen LogP contribution in [0.4, 0.5) is 4.39 Å². The zero-order valence-corrected chi connectivity index (χ0v) is 17.1. The van der Waals surface area contributed by atoms with E-state index in [0.29, 0.717) is 33.7 Å². The van der Waals surface area contributed by atoms with Crippen molar-refractivity contribution in [1.82, 2.24) is 14.9 Å². The van der Waals surface area contributed by atoms with Crippen molar-refractivity contribution in [2.75, 3.05) is 0 Å². The van der Waals surface area contributed by atoms with E-state index in [9.17, 15) is 14.0 Å². The van der Waals surface area contributed by atoms with E-state index in [1.54, 1.807) is 30.3 Å². The number of nitrogens with zero attached hydrogens (tertiary/aromatic N) is 1. The van der Waals surface area contributed by atoms with E-state index in [1.807, 2.05) is 12.1 Å². The van der Waals surface area contributed by atoms with Crippen LogP contribution in [0.25, 0.3) is 16.6 Å². The summed E-state index contributed by atoms with van der Waals surface area (Å²) in [5.41, 5.74) is 1.85. The molecular formula is C22H15ClFN3O2S. The predicted molar refractivity (Wildman–Crippen MR) is 117 cm³/mol. The largest absolute Gasteiger partial charge is 0.348 e. The van der Waals surface area contributed by atoms with Crippen molar-refractivity contribution in [3.05, 3.63) is 104 Å². The van der Waals surface area contributed by atoms with E-state index in [4.69, 9.17) is 23.8 Å². The minimum atomic E-state index is -0.406. The molecule has 3 aromatic carbocycles. The Bertz CT molecular complexity index is 1360. The third-order valence-corrected chi connectivity index (χ3v) is 5.15. The summed E-state index contributed by atoms with van der Waals surface area (Å²) in [5, 5.41) is 3.82. The maximum atomic E-state index is 13.2. The Morgan fingerprint density at radius 2 is 1.77 bits per heavy atom. The first-order chi connectivity index (χ1) is 14.4. The first-order valence-corrected chi connectivity index (χ1v) is 9.79. The minimum absolute atomic E-state index is 0.151. The molecule has 1 aromatic heterocycles. The maximum absolute atomic E-state index is 13.2. The van der Waals surface area contributed by atoms with Gasteiger partial charge in [-0.05, 0) is 72.4 Å². The second-order valence-corrected chi connectivity index (χ2v) is 7.44. The van der Waals surface area contributed by atoms with Crippen LogP contribution in [0, 0.1) is 10.6 Å². The molecule has 2 N–H and O–H groups in total. The number of nitrogens with one attached hydrogen (secondary N) is 2. The number of amides is 1. The van der Waals surface area contributed by atoms with Gasteiger partial charge in [0.15, 0.2) is 4.77 Å². The van der Waals surface area contributed by atoms with Crippen LogP contribution in [0.15, 0.2) is 71.5 Å². The highest BCUT2D eigenvalue weighted by Crippen LogP contribution is 2.14. The van der Waals surface area contributed by atoms with Gasteiger partial charge in [-0.1, -0.05) is 23.7 Å². The molecule has 4 rings (SSSR count). The highest BCUT2D eigenvalue weighted by atomic mass is 35.5. The Balaban J connectivity index is 1.64. The summed E-state index contributed by atoms with van der Waals surface area (Å²) >= 11 is 11.2. The number of rotatable bonds is 4. The summed E-state index contributed by atoms with van der Waals surface area (Å²) < 4.78 is 14.6. The standard InChI is InChI=1S/C22H15ClFN3O2S/c23-15-4-1-13(2-5-15)12-25-20(28)14-3-10-18-19(11-14)26-22(30)27(21(18)29)17-8-6-16(24)7-9-17/h1-11H,12H2,(H,25,28)(H,26,30). The van der Waals surface area contributed by atoms with Crippen LogP contribution in [-0.2, 0) is 6.54 Å². The van der Waals surface area contributed by atoms with Gasteiger partial charge in [0.1, 0.15) is 5.82 Å². The Hall–Kier alpha value is -3.29. The first-order valence-electron chi connectivity index (χ1n) is 9.00. The monoisotopic (exact) mass is 439 g/mol. The van der Waals surface area contributed by atoms with E-state index in [-0.39, 0.29) is 16.2 Å². The predicted octanol–water partition coefficient (Wildman–Crippen LogP) is 4.77. The van der Waals surface area contributed by atoms with Gasteiger partial charge in [0.25, 0.3) is 11.5 Å². The molecule has 150 valence electrons. The molecule has 1 amide bonds. The van der Waals surface area contributed by atoms with Gasteiger partial charge in [-0.15, -0.1) is 0 Å². The lowest BCUT2D eigenvalue weighted by Crippen LogP contribution is -2.24. The SMILES string of the molecule is O=C(NCc1ccc(Cl)cc1)c1ccc2c(=O)n(-c3ccc(F)cc3)c(=S)[nH]c2c1. The molecule has 0 aliphatic heterocycles. The zero-order chi connectivity index (χ0) is 21.3. The quantitative estimate of drug-likeness (QED) is 0.450. The first kappa shape index (κ1) is 20.0. The van der Waals surface area contributed by atoms with E-state index in [1.165, 1.54) is 28.8 Å². The Morgan fingerprint density at radius 3 is 2.47 bits per heavy atom. The second kappa shape index (κ2) is 8.22. The van der Waals surface area contributed by atoms with E-state index >= 15 is 0 Å². The molecule has 0 radical (unpaired) electrons. The fourth-order valence-corrected chi connectivity index (χ4v) is 3.49. The summed E-state index contributed by atoms with van der Waals surface area (Å²) in [6, 6.07) is 17.4. The molecule has 0 saturated carbocycles. The average Bonchev–Trinajstić information content (AvgIpc) is 2.74. The molecule has 1 heterocycles. The fraction of sp³-hybridized carbons (Fsp3) is 0.0455. The molecule has 0 spiro atoms. The van der Waals surface area contributed by atoms with Gasteiger partial charge in [0.05, 0.1) is 16.6 Å². The van der Waals surface area contributed by atoms with Gasteiger partial charge in [-0.3, -0.25) is 14.2 Å². The molecule has 8 heteroatoms. The summed E-state index contributed by atoms with van der Waals surface area (Å²) in [5.74, 6) is -0.689. The smallest absolute Gasteiger partial charge is 0.266 e. The molecule has 30 heavy (non-hydrogen) atoms. The van der Waals surface area contributed by atoms with Crippen LogP contribution in [0.1, 0.15) is 15.9 Å². The van der Waals surface area contributed by atoms with Crippen molar-refractivity contribution in [1.29, 1.82) is 0 Å². The molecule has 0 fully saturated rings. The Labute approximate surface area is 180 Å². The zero-order valence-electron chi connectivity index (χ0n) is 15.5. The number of hydrogen-bond donors (Lipinski definition) is 2. The van der Waals surface area contributed by atoms with Crippen LogP contribution in [-0.4, -0.2) is 15.5 Å². The van der Waals surface area contributed by atoms with Crippen LogP contribution < -0.4 is 10.9 Å². The van der Waals surface area contributed by atoms with E-state index < -0.39 is 5.82 Å². The molecule has 0 aliphatic carbocycles. The molecule has 0 bridgehead atoms. The number of aromatic nitrogens is 2. The summed E-state index contributed by atoms with van der Waals surface area (Å²) in [7, 11) is 0. The number of carbonyl (C=O) groups is 1. The lowest BCUT2D eigenvalue weighted by atomic mass is 10.1. The number of fused-ring (bicyclic) bond motifs is 1. The van der Waals surface area contributed by atoms with Crippen LogP contribution >= 0.6 is 23.8 Å². The van der Waals surface area contributed by atoms with Crippen molar-refractivity contribution >= 4 is 40.6 Å². The lowest BCUT2D eigenvalue weighted by Gasteiger charge is -2.10. The van der Waals surface area contributed by atoms with Gasteiger partial charge in [-0.25, -0.2) is 4.39 Å². The number of H-pyrrole nitrogens is 1. The Morgan fingerprint density at radius 1 is 1.07 bits per heavy atom. The molecule has 0 unspecified atom stereocenters. The van der Waals surface area contributed by atoms with Crippen LogP contribution in [0.2, 0.25) is 5.02 Å². The van der Waals surface area contributed by atoms with Crippen LogP contribution in [0.5, 0.6) is 0 Å². The average molecular weight is 440 g/mol. The highest BCUT2D eigenvalue weighted by molar-refractivity contribution is 7.71. The molecular weight excluding hydrogens is 425 g/mol. The molecule has 4 aromatic rings. The molecule has 0 atom stereocenters. The highest BCUT2D eigenvalue weighted by Gasteiger charge is 2.11. The number of halogens is 2. The van der Waals surface area contributed by atoms with Crippen LogP contribution in [0.3, 0.4) is 0 Å². The lowest BCUT2D eigenvalue weighted by molar-refractivity contribution is 0.0951. The van der Waals surface area contributed by atoms with Crippen molar-refractivity contribution in [2.24, 2.45) is 0 Å². The van der Waals surface area contributed by atoms with Crippen molar-refractivity contribution in [2.45, 2.75) is 6.54 Å². The summed E-state index contributed by atoms with van der Waals surface area (Å²) in [4.78, 5) is 28.4. The number of aromatic amines is 1. The minimum Gasteiger partial charge on any atom is -0.348 e. The van der Waals surface area contributed by atoms with Crippen molar-refractivity contribution in [3.63, 3.8) is 0 Å². The summed E-state index contributed by atoms with van der Waals surface area (Å²) in [6.45, 7) is 0.343.